The fourth-order valence-electron chi connectivity index (χ4n) is 4.96. The van der Waals surface area contributed by atoms with Crippen LogP contribution in [0.1, 0.15) is 30.7 Å². The van der Waals surface area contributed by atoms with Gasteiger partial charge >= 0.3 is 0 Å². The number of rotatable bonds is 4. The zero-order valence-electron chi connectivity index (χ0n) is 19.0. The Morgan fingerprint density at radius 2 is 1.72 bits per heavy atom. The number of aryl methyl sites for hydroxylation is 2. The third-order valence-corrected chi connectivity index (χ3v) is 6.80. The van der Waals surface area contributed by atoms with Crippen molar-refractivity contribution in [3.63, 3.8) is 0 Å². The molecule has 170 valence electrons. The average molecular weight is 438 g/mol. The van der Waals surface area contributed by atoms with Crippen LogP contribution in [0, 0.1) is 6.92 Å². The fraction of sp³-hybridized carbons (Fsp3) is 0.565. The molecule has 0 N–H and O–H groups in total. The summed E-state index contributed by atoms with van der Waals surface area (Å²) in [6.07, 6.45) is 3.28. The van der Waals surface area contributed by atoms with Crippen molar-refractivity contribution in [3.8, 4) is 0 Å². The van der Waals surface area contributed by atoms with Crippen LogP contribution in [0.15, 0.2) is 23.0 Å². The van der Waals surface area contributed by atoms with Gasteiger partial charge in [-0.25, -0.2) is 0 Å². The van der Waals surface area contributed by atoms with Gasteiger partial charge < -0.3 is 4.90 Å². The Bertz CT molecular complexity index is 1210. The van der Waals surface area contributed by atoms with Crippen LogP contribution >= 0.6 is 0 Å². The van der Waals surface area contributed by atoms with Crippen LogP contribution in [0.3, 0.4) is 0 Å². The smallest absolute Gasteiger partial charge is 0.262 e. The van der Waals surface area contributed by atoms with Crippen molar-refractivity contribution < 1.29 is 4.79 Å². The van der Waals surface area contributed by atoms with Crippen molar-refractivity contribution in [2.45, 2.75) is 32.7 Å². The zero-order valence-corrected chi connectivity index (χ0v) is 19.0. The van der Waals surface area contributed by atoms with E-state index in [1.54, 1.807) is 11.6 Å². The molecule has 2 aromatic heterocycles. The molecule has 4 heterocycles. The number of hydrogen-bond acceptors (Lipinski definition) is 6. The van der Waals surface area contributed by atoms with Gasteiger partial charge in [0.15, 0.2) is 5.82 Å². The molecule has 0 bridgehead atoms. The second-order valence-electron chi connectivity index (χ2n) is 9.13. The Labute approximate surface area is 187 Å². The van der Waals surface area contributed by atoms with Gasteiger partial charge in [-0.3, -0.25) is 28.4 Å². The summed E-state index contributed by atoms with van der Waals surface area (Å²) >= 11 is 0. The molecule has 5 rings (SSSR count). The minimum absolute atomic E-state index is 0.0526. The third-order valence-electron chi connectivity index (χ3n) is 6.80. The second kappa shape index (κ2) is 8.63. The fourth-order valence-corrected chi connectivity index (χ4v) is 4.96. The number of nitrogens with zero attached hydrogens (tertiary/aromatic N) is 7. The maximum Gasteiger partial charge on any atom is 0.262 e. The molecular weight excluding hydrogens is 406 g/mol. The number of likely N-dealkylation sites (tertiary alicyclic amines) is 1. The lowest BCUT2D eigenvalue weighted by Crippen LogP contribution is -2.40. The predicted molar refractivity (Wildman–Crippen MR) is 123 cm³/mol. The predicted octanol–water partition coefficient (Wildman–Crippen LogP) is 1.02. The number of carbonyl (C=O) groups is 1. The highest BCUT2D eigenvalue weighted by atomic mass is 16.2. The highest BCUT2D eigenvalue weighted by Crippen LogP contribution is 2.17. The molecule has 32 heavy (non-hydrogen) atoms. The first-order valence-corrected chi connectivity index (χ1v) is 11.6. The Kier molecular flexibility index (Phi) is 5.69. The van der Waals surface area contributed by atoms with E-state index in [1.165, 1.54) is 0 Å². The van der Waals surface area contributed by atoms with E-state index in [9.17, 15) is 9.59 Å². The van der Waals surface area contributed by atoms with Crippen molar-refractivity contribution in [2.24, 2.45) is 7.05 Å². The average Bonchev–Trinajstić information content (AvgIpc) is 3.41. The van der Waals surface area contributed by atoms with Crippen molar-refractivity contribution in [1.82, 2.24) is 33.9 Å². The molecule has 1 aromatic carbocycles. The first kappa shape index (κ1) is 21.1. The number of fused-ring (bicyclic) bond motifs is 3. The van der Waals surface area contributed by atoms with Crippen molar-refractivity contribution >= 4 is 22.6 Å². The normalized spacial score (nSPS) is 18.6. The molecule has 3 aromatic rings. The van der Waals surface area contributed by atoms with Gasteiger partial charge in [-0.05, 0) is 51.4 Å². The van der Waals surface area contributed by atoms with E-state index in [0.717, 1.165) is 75.4 Å². The molecule has 0 unspecified atom stereocenters. The molecule has 0 saturated carbocycles. The van der Waals surface area contributed by atoms with Crippen molar-refractivity contribution in [1.29, 1.82) is 0 Å². The van der Waals surface area contributed by atoms with Crippen LogP contribution in [-0.4, -0.2) is 85.6 Å². The molecule has 2 aliphatic rings. The third kappa shape index (κ3) is 3.91. The largest absolute Gasteiger partial charge is 0.342 e. The monoisotopic (exact) mass is 437 g/mol. The van der Waals surface area contributed by atoms with E-state index >= 15 is 0 Å². The van der Waals surface area contributed by atoms with Gasteiger partial charge in [0.25, 0.3) is 5.56 Å². The summed E-state index contributed by atoms with van der Waals surface area (Å²) in [6, 6.07) is 5.94. The summed E-state index contributed by atoms with van der Waals surface area (Å²) < 4.78 is 3.59. The number of amides is 1. The van der Waals surface area contributed by atoms with Gasteiger partial charge in [0, 0.05) is 33.2 Å². The molecule has 0 spiro atoms. The molecule has 9 nitrogen and oxygen atoms in total. The topological polar surface area (TPSA) is 79.0 Å². The molecule has 1 amide bonds. The molecular formula is C23H31N7O2. The molecule has 0 aliphatic carbocycles. The van der Waals surface area contributed by atoms with E-state index in [0.29, 0.717) is 24.3 Å². The summed E-state index contributed by atoms with van der Waals surface area (Å²) in [5.41, 5.74) is 1.85. The molecule has 2 aliphatic heterocycles. The summed E-state index contributed by atoms with van der Waals surface area (Å²) in [5, 5.41) is 9.46. The van der Waals surface area contributed by atoms with E-state index in [4.69, 9.17) is 0 Å². The molecule has 0 atom stereocenters. The van der Waals surface area contributed by atoms with E-state index in [1.807, 2.05) is 34.4 Å². The summed E-state index contributed by atoms with van der Waals surface area (Å²) in [6.45, 7) is 8.64. The van der Waals surface area contributed by atoms with Crippen molar-refractivity contribution in [2.75, 3.05) is 45.8 Å². The van der Waals surface area contributed by atoms with Gasteiger partial charge in [0.2, 0.25) is 11.7 Å². The highest BCUT2D eigenvalue weighted by Gasteiger charge is 2.23. The minimum Gasteiger partial charge on any atom is -0.342 e. The van der Waals surface area contributed by atoms with Gasteiger partial charge in [-0.15, -0.1) is 10.2 Å². The Hall–Kier alpha value is -2.78. The maximum absolute atomic E-state index is 12.8. The summed E-state index contributed by atoms with van der Waals surface area (Å²) in [7, 11) is 1.75. The lowest BCUT2D eigenvalue weighted by molar-refractivity contribution is -0.131. The van der Waals surface area contributed by atoms with Gasteiger partial charge in [0.05, 0.1) is 24.0 Å². The number of carbonyl (C=O) groups excluding carboxylic acids is 1. The lowest BCUT2D eigenvalue weighted by atomic mass is 10.1. The molecule has 9 heteroatoms. The first-order chi connectivity index (χ1) is 15.5. The van der Waals surface area contributed by atoms with Gasteiger partial charge in [0.1, 0.15) is 0 Å². The van der Waals surface area contributed by atoms with Crippen LogP contribution in [0.2, 0.25) is 0 Å². The summed E-state index contributed by atoms with van der Waals surface area (Å²) in [4.78, 5) is 32.0. The standard InChI is InChI=1S/C23H31N7O2/c1-17-6-7-19-18(14-17)22(32)26(2)23-25-24-20(30(19)23)15-27-8-5-9-28(13-12-27)16-21(31)29-10-3-4-11-29/h6-7,14H,3-5,8-13,15-16H2,1-2H3. The minimum atomic E-state index is -0.0526. The Morgan fingerprint density at radius 3 is 2.53 bits per heavy atom. The molecule has 0 radical (unpaired) electrons. The van der Waals surface area contributed by atoms with Crippen LogP contribution in [-0.2, 0) is 18.4 Å². The van der Waals surface area contributed by atoms with Crippen LogP contribution in [0.4, 0.5) is 0 Å². The summed E-state index contributed by atoms with van der Waals surface area (Å²) in [5.74, 6) is 1.67. The molecule has 2 saturated heterocycles. The van der Waals surface area contributed by atoms with Gasteiger partial charge in [-0.2, -0.15) is 0 Å². The Morgan fingerprint density at radius 1 is 0.969 bits per heavy atom. The lowest BCUT2D eigenvalue weighted by Gasteiger charge is -2.23. The van der Waals surface area contributed by atoms with Crippen LogP contribution in [0.25, 0.3) is 16.7 Å². The number of benzene rings is 1. The van der Waals surface area contributed by atoms with Gasteiger partial charge in [-0.1, -0.05) is 11.6 Å². The second-order valence-corrected chi connectivity index (χ2v) is 9.13. The van der Waals surface area contributed by atoms with Crippen molar-refractivity contribution in [3.05, 3.63) is 39.9 Å². The maximum atomic E-state index is 12.8. The highest BCUT2D eigenvalue weighted by molar-refractivity contribution is 5.81. The van der Waals surface area contributed by atoms with E-state index < -0.39 is 0 Å². The Balaban J connectivity index is 1.34. The van der Waals surface area contributed by atoms with E-state index in [-0.39, 0.29) is 11.5 Å². The SMILES string of the molecule is Cc1ccc2c(c1)c(=O)n(C)c1nnc(CN3CCCN(CC(=O)N4CCCC4)CC3)n21. The number of aromatic nitrogens is 4. The zero-order chi connectivity index (χ0) is 22.2. The van der Waals surface area contributed by atoms with Crippen LogP contribution < -0.4 is 5.56 Å². The quantitative estimate of drug-likeness (QED) is 0.607. The van der Waals surface area contributed by atoms with Crippen LogP contribution in [0.5, 0.6) is 0 Å². The first-order valence-electron chi connectivity index (χ1n) is 11.6. The molecule has 2 fully saturated rings. The van der Waals surface area contributed by atoms with E-state index in [2.05, 4.69) is 20.0 Å². The number of hydrogen-bond donors (Lipinski definition) is 0.